The molecule has 1 saturated carbocycles. The van der Waals surface area contributed by atoms with Gasteiger partial charge in [0.2, 0.25) is 5.91 Å². The van der Waals surface area contributed by atoms with Gasteiger partial charge in [0.05, 0.1) is 5.60 Å². The van der Waals surface area contributed by atoms with Crippen molar-refractivity contribution in [1.82, 2.24) is 5.32 Å². The predicted octanol–water partition coefficient (Wildman–Crippen LogP) is 1.09. The van der Waals surface area contributed by atoms with Crippen LogP contribution in [0.1, 0.15) is 26.7 Å². The van der Waals surface area contributed by atoms with Crippen molar-refractivity contribution in [3.63, 3.8) is 0 Å². The molecule has 15 heavy (non-hydrogen) atoms. The first kappa shape index (κ1) is 10.7. The van der Waals surface area contributed by atoms with Crippen LogP contribution >= 0.6 is 0 Å². The third-order valence-corrected chi connectivity index (χ3v) is 3.31. The molecule has 2 bridgehead atoms. The maximum atomic E-state index is 11.8. The Morgan fingerprint density at radius 2 is 2.20 bits per heavy atom. The van der Waals surface area contributed by atoms with Crippen molar-refractivity contribution in [2.24, 2.45) is 17.8 Å². The molecule has 0 aromatic carbocycles. The molecule has 0 aliphatic heterocycles. The van der Waals surface area contributed by atoms with Gasteiger partial charge in [-0.3, -0.25) is 4.79 Å². The van der Waals surface area contributed by atoms with E-state index in [0.29, 0.717) is 18.4 Å². The van der Waals surface area contributed by atoms with E-state index in [2.05, 4.69) is 17.5 Å². The van der Waals surface area contributed by atoms with Crippen LogP contribution in [0.5, 0.6) is 0 Å². The first-order valence-electron chi connectivity index (χ1n) is 5.64. The van der Waals surface area contributed by atoms with Crippen molar-refractivity contribution in [1.29, 1.82) is 0 Å². The second-order valence-corrected chi connectivity index (χ2v) is 5.42. The highest BCUT2D eigenvalue weighted by Crippen LogP contribution is 2.43. The topological polar surface area (TPSA) is 49.3 Å². The highest BCUT2D eigenvalue weighted by molar-refractivity contribution is 5.80. The Bertz CT molecular complexity index is 290. The Morgan fingerprint density at radius 3 is 2.67 bits per heavy atom. The molecule has 0 radical (unpaired) electrons. The number of hydrogen-bond acceptors (Lipinski definition) is 2. The van der Waals surface area contributed by atoms with E-state index < -0.39 is 5.60 Å². The van der Waals surface area contributed by atoms with Gasteiger partial charge in [0.1, 0.15) is 0 Å². The summed E-state index contributed by atoms with van der Waals surface area (Å²) in [6.07, 6.45) is 6.52. The third-order valence-electron chi connectivity index (χ3n) is 3.31. The number of hydrogen-bond donors (Lipinski definition) is 2. The molecule has 0 aromatic heterocycles. The van der Waals surface area contributed by atoms with Gasteiger partial charge in [-0.05, 0) is 38.5 Å². The zero-order valence-corrected chi connectivity index (χ0v) is 9.36. The van der Waals surface area contributed by atoms with Gasteiger partial charge in [0.15, 0.2) is 0 Å². The number of allylic oxidation sites excluding steroid dienone is 2. The van der Waals surface area contributed by atoms with E-state index in [9.17, 15) is 9.90 Å². The van der Waals surface area contributed by atoms with E-state index in [1.807, 2.05) is 0 Å². The molecule has 3 atom stereocenters. The minimum Gasteiger partial charge on any atom is -0.389 e. The fraction of sp³-hybridized carbons (Fsp3) is 0.750. The van der Waals surface area contributed by atoms with Crippen LogP contribution in [0.2, 0.25) is 0 Å². The zero-order valence-electron chi connectivity index (χ0n) is 9.36. The summed E-state index contributed by atoms with van der Waals surface area (Å²) in [7, 11) is 0. The molecule has 3 unspecified atom stereocenters. The molecule has 0 heterocycles. The molecule has 2 rings (SSSR count). The molecule has 0 aromatic rings. The van der Waals surface area contributed by atoms with Crippen LogP contribution in [0.3, 0.4) is 0 Å². The van der Waals surface area contributed by atoms with Crippen LogP contribution in [0.25, 0.3) is 0 Å². The third kappa shape index (κ3) is 2.40. The minimum absolute atomic E-state index is 0.106. The summed E-state index contributed by atoms with van der Waals surface area (Å²) < 4.78 is 0. The first-order valence-corrected chi connectivity index (χ1v) is 5.64. The van der Waals surface area contributed by atoms with Crippen LogP contribution in [0, 0.1) is 17.8 Å². The Balaban J connectivity index is 1.85. The second-order valence-electron chi connectivity index (χ2n) is 5.42. The average Bonchev–Trinajstić information content (AvgIpc) is 2.73. The number of carbonyl (C=O) groups is 1. The quantitative estimate of drug-likeness (QED) is 0.683. The van der Waals surface area contributed by atoms with Gasteiger partial charge in [-0.1, -0.05) is 12.2 Å². The highest BCUT2D eigenvalue weighted by atomic mass is 16.3. The summed E-state index contributed by atoms with van der Waals surface area (Å²) in [6.45, 7) is 3.74. The SMILES string of the molecule is CC(C)(O)CNC(=O)C1CC2C=CC1C2. The van der Waals surface area contributed by atoms with E-state index in [0.717, 1.165) is 12.8 Å². The van der Waals surface area contributed by atoms with Gasteiger partial charge >= 0.3 is 0 Å². The molecule has 2 aliphatic rings. The minimum atomic E-state index is -0.816. The molecule has 0 spiro atoms. The predicted molar refractivity (Wildman–Crippen MR) is 58.2 cm³/mol. The summed E-state index contributed by atoms with van der Waals surface area (Å²) in [4.78, 5) is 11.8. The van der Waals surface area contributed by atoms with Crippen molar-refractivity contribution in [3.05, 3.63) is 12.2 Å². The lowest BCUT2D eigenvalue weighted by Gasteiger charge is -2.22. The lowest BCUT2D eigenvalue weighted by molar-refractivity contribution is -0.126. The van der Waals surface area contributed by atoms with Crippen molar-refractivity contribution in [3.8, 4) is 0 Å². The van der Waals surface area contributed by atoms with Gasteiger partial charge < -0.3 is 10.4 Å². The van der Waals surface area contributed by atoms with Crippen molar-refractivity contribution < 1.29 is 9.90 Å². The number of rotatable bonds is 3. The number of carbonyl (C=O) groups excluding carboxylic acids is 1. The normalized spacial score (nSPS) is 33.4. The summed E-state index contributed by atoms with van der Waals surface area (Å²) >= 11 is 0. The van der Waals surface area contributed by atoms with Crippen molar-refractivity contribution >= 4 is 5.91 Å². The smallest absolute Gasteiger partial charge is 0.223 e. The molecule has 1 fully saturated rings. The molecular formula is C12H19NO2. The van der Waals surface area contributed by atoms with Gasteiger partial charge in [-0.25, -0.2) is 0 Å². The number of aliphatic hydroxyl groups is 1. The molecule has 84 valence electrons. The standard InChI is InChI=1S/C12H19NO2/c1-12(2,15)7-13-11(14)10-6-8-3-4-9(10)5-8/h3-4,8-10,15H,5-7H2,1-2H3,(H,13,14). The molecule has 0 saturated heterocycles. The van der Waals surface area contributed by atoms with Gasteiger partial charge in [0, 0.05) is 12.5 Å². The Kier molecular flexibility index (Phi) is 2.59. The van der Waals surface area contributed by atoms with E-state index >= 15 is 0 Å². The molecule has 2 aliphatic carbocycles. The van der Waals surface area contributed by atoms with E-state index in [1.165, 1.54) is 0 Å². The Hall–Kier alpha value is -0.830. The maximum Gasteiger partial charge on any atom is 0.223 e. The number of fused-ring (bicyclic) bond motifs is 2. The monoisotopic (exact) mass is 209 g/mol. The zero-order chi connectivity index (χ0) is 11.1. The fourth-order valence-electron chi connectivity index (χ4n) is 2.52. The molecule has 3 nitrogen and oxygen atoms in total. The van der Waals surface area contributed by atoms with Crippen LogP contribution in [0.4, 0.5) is 0 Å². The summed E-state index contributed by atoms with van der Waals surface area (Å²) in [6, 6.07) is 0. The van der Waals surface area contributed by atoms with Crippen molar-refractivity contribution in [2.45, 2.75) is 32.3 Å². The maximum absolute atomic E-state index is 11.8. The van der Waals surface area contributed by atoms with Gasteiger partial charge in [-0.2, -0.15) is 0 Å². The molecule has 2 N–H and O–H groups in total. The largest absolute Gasteiger partial charge is 0.389 e. The van der Waals surface area contributed by atoms with Crippen LogP contribution < -0.4 is 5.32 Å². The van der Waals surface area contributed by atoms with Crippen LogP contribution in [-0.2, 0) is 4.79 Å². The Labute approximate surface area is 90.6 Å². The average molecular weight is 209 g/mol. The van der Waals surface area contributed by atoms with Gasteiger partial charge in [0.25, 0.3) is 0 Å². The number of nitrogens with one attached hydrogen (secondary N) is 1. The molecular weight excluding hydrogens is 190 g/mol. The Morgan fingerprint density at radius 1 is 1.47 bits per heavy atom. The fourth-order valence-corrected chi connectivity index (χ4v) is 2.52. The van der Waals surface area contributed by atoms with Crippen LogP contribution in [0.15, 0.2) is 12.2 Å². The summed E-state index contributed by atoms with van der Waals surface area (Å²) in [5.41, 5.74) is -0.816. The lowest BCUT2D eigenvalue weighted by Crippen LogP contribution is -2.41. The summed E-state index contributed by atoms with van der Waals surface area (Å²) in [5.74, 6) is 1.31. The first-order chi connectivity index (χ1) is 6.96. The highest BCUT2D eigenvalue weighted by Gasteiger charge is 2.39. The van der Waals surface area contributed by atoms with Crippen LogP contribution in [-0.4, -0.2) is 23.2 Å². The van der Waals surface area contributed by atoms with Crippen molar-refractivity contribution in [2.75, 3.05) is 6.54 Å². The molecule has 1 amide bonds. The number of amides is 1. The van der Waals surface area contributed by atoms with Gasteiger partial charge in [-0.15, -0.1) is 0 Å². The molecule has 3 heteroatoms. The van der Waals surface area contributed by atoms with E-state index in [-0.39, 0.29) is 11.8 Å². The lowest BCUT2D eigenvalue weighted by atomic mass is 9.92. The second kappa shape index (κ2) is 3.63. The van der Waals surface area contributed by atoms with E-state index in [4.69, 9.17) is 0 Å². The van der Waals surface area contributed by atoms with E-state index in [1.54, 1.807) is 13.8 Å². The summed E-state index contributed by atoms with van der Waals surface area (Å²) in [5, 5.41) is 12.3.